The summed E-state index contributed by atoms with van der Waals surface area (Å²) < 4.78 is 0. The highest BCUT2D eigenvalue weighted by atomic mass is 16.2. The Morgan fingerprint density at radius 2 is 1.81 bits per heavy atom. The number of anilines is 1. The summed E-state index contributed by atoms with van der Waals surface area (Å²) in [6, 6.07) is 8.11. The second-order valence-corrected chi connectivity index (χ2v) is 8.00. The van der Waals surface area contributed by atoms with Gasteiger partial charge in [0.1, 0.15) is 0 Å². The normalized spacial score (nSPS) is 18.0. The number of nitrogens with zero attached hydrogens (tertiary/aromatic N) is 1. The number of benzene rings is 1. The molecule has 2 aliphatic rings. The van der Waals surface area contributed by atoms with Crippen molar-refractivity contribution >= 4 is 17.5 Å². The van der Waals surface area contributed by atoms with Crippen LogP contribution in [0.25, 0.3) is 0 Å². The quantitative estimate of drug-likeness (QED) is 0.789. The Morgan fingerprint density at radius 3 is 2.46 bits per heavy atom. The molecule has 5 nitrogen and oxygen atoms in total. The second kappa shape index (κ2) is 8.56. The molecule has 26 heavy (non-hydrogen) atoms. The third kappa shape index (κ3) is 4.99. The summed E-state index contributed by atoms with van der Waals surface area (Å²) in [6.45, 7) is 6.76. The number of carbonyl (C=O) groups excluding carboxylic acids is 2. The van der Waals surface area contributed by atoms with Gasteiger partial charge in [0.05, 0.1) is 5.56 Å². The van der Waals surface area contributed by atoms with Crippen LogP contribution in [0, 0.1) is 11.8 Å². The van der Waals surface area contributed by atoms with E-state index in [9.17, 15) is 9.59 Å². The highest BCUT2D eigenvalue weighted by molar-refractivity contribution is 5.99. The smallest absolute Gasteiger partial charge is 0.253 e. The predicted molar refractivity (Wildman–Crippen MR) is 104 cm³/mol. The topological polar surface area (TPSA) is 61.4 Å². The molecule has 5 heteroatoms. The lowest BCUT2D eigenvalue weighted by atomic mass is 10.0. The first-order chi connectivity index (χ1) is 12.5. The van der Waals surface area contributed by atoms with E-state index >= 15 is 0 Å². The van der Waals surface area contributed by atoms with Gasteiger partial charge in [-0.25, -0.2) is 0 Å². The maximum atomic E-state index is 12.6. The van der Waals surface area contributed by atoms with Crippen LogP contribution < -0.4 is 15.5 Å². The Morgan fingerprint density at radius 1 is 1.12 bits per heavy atom. The maximum absolute atomic E-state index is 12.6. The predicted octanol–water partition coefficient (Wildman–Crippen LogP) is 2.96. The Labute approximate surface area is 156 Å². The molecule has 2 amide bonds. The van der Waals surface area contributed by atoms with E-state index in [0.717, 1.165) is 56.4 Å². The molecule has 0 bridgehead atoms. The largest absolute Gasteiger partial charge is 0.371 e. The first-order valence-electron chi connectivity index (χ1n) is 9.97. The lowest BCUT2D eigenvalue weighted by molar-refractivity contribution is -0.123. The second-order valence-electron chi connectivity index (χ2n) is 8.00. The number of nitrogens with one attached hydrogen (secondary N) is 2. The fraction of sp³-hybridized carbons (Fsp3) is 0.619. The number of hydrogen-bond acceptors (Lipinski definition) is 3. The van der Waals surface area contributed by atoms with E-state index in [-0.39, 0.29) is 23.8 Å². The van der Waals surface area contributed by atoms with Crippen LogP contribution in [0.15, 0.2) is 24.3 Å². The van der Waals surface area contributed by atoms with E-state index in [0.29, 0.717) is 12.5 Å². The molecule has 0 unspecified atom stereocenters. The SMILES string of the molecule is CC(C)CCNC(=O)c1ccccc1N1CCC(NC(=O)C2CC2)CC1. The van der Waals surface area contributed by atoms with Crippen LogP contribution in [0.2, 0.25) is 0 Å². The van der Waals surface area contributed by atoms with Crippen LogP contribution in [0.3, 0.4) is 0 Å². The molecule has 1 saturated heterocycles. The van der Waals surface area contributed by atoms with Crippen molar-refractivity contribution in [1.29, 1.82) is 0 Å². The third-order valence-corrected chi connectivity index (χ3v) is 5.29. The average Bonchev–Trinajstić information content (AvgIpc) is 3.47. The molecule has 3 rings (SSSR count). The monoisotopic (exact) mass is 357 g/mol. The highest BCUT2D eigenvalue weighted by Gasteiger charge is 2.32. The van der Waals surface area contributed by atoms with E-state index in [4.69, 9.17) is 0 Å². The molecule has 0 aromatic heterocycles. The summed E-state index contributed by atoms with van der Waals surface area (Å²) >= 11 is 0. The molecule has 0 spiro atoms. The summed E-state index contributed by atoms with van der Waals surface area (Å²) in [5, 5.41) is 6.23. The third-order valence-electron chi connectivity index (χ3n) is 5.29. The van der Waals surface area contributed by atoms with Gasteiger partial charge in [0, 0.05) is 37.3 Å². The Hall–Kier alpha value is -2.04. The molecule has 1 aliphatic carbocycles. The first-order valence-corrected chi connectivity index (χ1v) is 9.97. The fourth-order valence-electron chi connectivity index (χ4n) is 3.44. The van der Waals surface area contributed by atoms with Crippen molar-refractivity contribution < 1.29 is 9.59 Å². The minimum atomic E-state index is 0.00501. The number of rotatable bonds is 7. The Balaban J connectivity index is 1.56. The summed E-state index contributed by atoms with van der Waals surface area (Å²) in [5.41, 5.74) is 1.75. The Kier molecular flexibility index (Phi) is 6.17. The summed E-state index contributed by atoms with van der Waals surface area (Å²) in [7, 11) is 0. The van der Waals surface area contributed by atoms with Gasteiger partial charge in [-0.3, -0.25) is 9.59 Å². The molecule has 2 N–H and O–H groups in total. The number of piperidine rings is 1. The first kappa shape index (κ1) is 18.7. The van der Waals surface area contributed by atoms with Gasteiger partial charge in [-0.05, 0) is 50.2 Å². The van der Waals surface area contributed by atoms with Crippen molar-refractivity contribution in [2.75, 3.05) is 24.5 Å². The van der Waals surface area contributed by atoms with Crippen LogP contribution in [-0.4, -0.2) is 37.5 Å². The van der Waals surface area contributed by atoms with Gasteiger partial charge in [0.25, 0.3) is 5.91 Å². The maximum Gasteiger partial charge on any atom is 0.253 e. The van der Waals surface area contributed by atoms with Crippen LogP contribution in [0.5, 0.6) is 0 Å². The van der Waals surface area contributed by atoms with E-state index in [1.165, 1.54) is 0 Å². The van der Waals surface area contributed by atoms with E-state index in [1.807, 2.05) is 24.3 Å². The molecule has 0 radical (unpaired) electrons. The van der Waals surface area contributed by atoms with E-state index < -0.39 is 0 Å². The van der Waals surface area contributed by atoms with Crippen molar-refractivity contribution in [3.63, 3.8) is 0 Å². The van der Waals surface area contributed by atoms with E-state index in [2.05, 4.69) is 29.4 Å². The molecule has 1 heterocycles. The molecular weight excluding hydrogens is 326 g/mol. The molecule has 1 aliphatic heterocycles. The average molecular weight is 357 g/mol. The molecular formula is C21H31N3O2. The number of para-hydroxylation sites is 1. The molecule has 0 atom stereocenters. The number of carbonyl (C=O) groups is 2. The molecule has 1 saturated carbocycles. The zero-order valence-electron chi connectivity index (χ0n) is 16.0. The molecule has 142 valence electrons. The zero-order valence-corrected chi connectivity index (χ0v) is 16.0. The highest BCUT2D eigenvalue weighted by Crippen LogP contribution is 2.30. The lowest BCUT2D eigenvalue weighted by Gasteiger charge is -2.35. The van der Waals surface area contributed by atoms with Gasteiger partial charge in [-0.15, -0.1) is 0 Å². The van der Waals surface area contributed by atoms with Gasteiger partial charge in [0.15, 0.2) is 0 Å². The van der Waals surface area contributed by atoms with Crippen molar-refractivity contribution in [3.05, 3.63) is 29.8 Å². The minimum Gasteiger partial charge on any atom is -0.371 e. The van der Waals surface area contributed by atoms with Crippen LogP contribution in [-0.2, 0) is 4.79 Å². The van der Waals surface area contributed by atoms with Crippen LogP contribution >= 0.6 is 0 Å². The van der Waals surface area contributed by atoms with Crippen molar-refractivity contribution in [3.8, 4) is 0 Å². The standard InChI is InChI=1S/C21H31N3O2/c1-15(2)9-12-22-21(26)18-5-3-4-6-19(18)24-13-10-17(11-14-24)23-20(25)16-7-8-16/h3-6,15-17H,7-14H2,1-2H3,(H,22,26)(H,23,25). The van der Waals surface area contributed by atoms with Crippen molar-refractivity contribution in [2.45, 2.75) is 52.0 Å². The fourth-order valence-corrected chi connectivity index (χ4v) is 3.44. The molecule has 2 fully saturated rings. The molecule has 1 aromatic rings. The molecule has 1 aromatic carbocycles. The summed E-state index contributed by atoms with van der Waals surface area (Å²) in [4.78, 5) is 26.8. The van der Waals surface area contributed by atoms with Gasteiger partial charge in [-0.1, -0.05) is 26.0 Å². The van der Waals surface area contributed by atoms with Gasteiger partial charge in [-0.2, -0.15) is 0 Å². The van der Waals surface area contributed by atoms with Crippen LogP contribution in [0.4, 0.5) is 5.69 Å². The summed E-state index contributed by atoms with van der Waals surface area (Å²) in [6.07, 6.45) is 4.94. The van der Waals surface area contributed by atoms with Crippen molar-refractivity contribution in [2.24, 2.45) is 11.8 Å². The minimum absolute atomic E-state index is 0.00501. The van der Waals surface area contributed by atoms with E-state index in [1.54, 1.807) is 0 Å². The Bertz CT molecular complexity index is 632. The van der Waals surface area contributed by atoms with Gasteiger partial charge >= 0.3 is 0 Å². The van der Waals surface area contributed by atoms with Crippen LogP contribution in [0.1, 0.15) is 56.3 Å². The van der Waals surface area contributed by atoms with Gasteiger partial charge < -0.3 is 15.5 Å². The van der Waals surface area contributed by atoms with Gasteiger partial charge in [0.2, 0.25) is 5.91 Å². The number of hydrogen-bond donors (Lipinski definition) is 2. The summed E-state index contributed by atoms with van der Waals surface area (Å²) in [5.74, 6) is 1.08. The number of amides is 2. The zero-order chi connectivity index (χ0) is 18.5. The van der Waals surface area contributed by atoms with Crippen molar-refractivity contribution in [1.82, 2.24) is 10.6 Å². The lowest BCUT2D eigenvalue weighted by Crippen LogP contribution is -2.45.